The maximum Gasteiger partial charge on any atom is 0.306 e. The van der Waals surface area contributed by atoms with Crippen molar-refractivity contribution in [2.45, 2.75) is 18.9 Å². The predicted molar refractivity (Wildman–Crippen MR) is 80.6 cm³/mol. The van der Waals surface area contributed by atoms with E-state index in [0.717, 1.165) is 5.56 Å². The van der Waals surface area contributed by atoms with Crippen LogP contribution >= 0.6 is 11.6 Å². The molecule has 0 aliphatic heterocycles. The number of hydrogen-bond donors (Lipinski definition) is 3. The highest BCUT2D eigenvalue weighted by atomic mass is 35.5. The topological polar surface area (TPSA) is 95.1 Å². The van der Waals surface area contributed by atoms with Crippen molar-refractivity contribution < 1.29 is 14.7 Å². The molecule has 1 aromatic carbocycles. The fraction of sp³-hybridized carbons (Fsp3) is 0.267. The standard InChI is InChI=1S/C15H14ClN3O3/c16-11-4-2-1-3-10(11)12-7-13(19-18-12)14(20)17-9-5-8(6-9)15(21)22/h1-4,7-9H,5-6H2,(H,17,20)(H,18,19)(H,21,22). The molecule has 0 atom stereocenters. The predicted octanol–water partition coefficient (Wildman–Crippen LogP) is 2.32. The summed E-state index contributed by atoms with van der Waals surface area (Å²) >= 11 is 6.10. The smallest absolute Gasteiger partial charge is 0.306 e. The molecule has 114 valence electrons. The van der Waals surface area contributed by atoms with Gasteiger partial charge in [0.05, 0.1) is 16.6 Å². The third-order valence-electron chi connectivity index (χ3n) is 3.79. The third-order valence-corrected chi connectivity index (χ3v) is 4.12. The van der Waals surface area contributed by atoms with Crippen molar-refractivity contribution >= 4 is 23.5 Å². The minimum Gasteiger partial charge on any atom is -0.481 e. The first-order valence-electron chi connectivity index (χ1n) is 6.88. The van der Waals surface area contributed by atoms with E-state index < -0.39 is 5.97 Å². The van der Waals surface area contributed by atoms with Crippen LogP contribution in [-0.4, -0.2) is 33.2 Å². The summed E-state index contributed by atoms with van der Waals surface area (Å²) in [6, 6.07) is 8.78. The Bertz CT molecular complexity index is 722. The number of aromatic nitrogens is 2. The Hall–Kier alpha value is -2.34. The summed E-state index contributed by atoms with van der Waals surface area (Å²) in [6.07, 6.45) is 0.930. The summed E-state index contributed by atoms with van der Waals surface area (Å²) in [7, 11) is 0. The van der Waals surface area contributed by atoms with E-state index in [1.54, 1.807) is 12.1 Å². The number of hydrogen-bond acceptors (Lipinski definition) is 3. The molecule has 0 radical (unpaired) electrons. The lowest BCUT2D eigenvalue weighted by molar-refractivity contribution is -0.145. The molecule has 3 N–H and O–H groups in total. The minimum atomic E-state index is -0.812. The second kappa shape index (κ2) is 5.81. The van der Waals surface area contributed by atoms with Crippen LogP contribution < -0.4 is 5.32 Å². The summed E-state index contributed by atoms with van der Waals surface area (Å²) in [5, 5.41) is 18.9. The van der Waals surface area contributed by atoms with Gasteiger partial charge in [-0.05, 0) is 25.0 Å². The Morgan fingerprint density at radius 2 is 2.05 bits per heavy atom. The van der Waals surface area contributed by atoms with Crippen LogP contribution in [0.2, 0.25) is 5.02 Å². The largest absolute Gasteiger partial charge is 0.481 e. The molecule has 1 saturated carbocycles. The van der Waals surface area contributed by atoms with Crippen molar-refractivity contribution in [1.29, 1.82) is 0 Å². The highest BCUT2D eigenvalue weighted by Gasteiger charge is 2.35. The fourth-order valence-electron chi connectivity index (χ4n) is 2.45. The zero-order chi connectivity index (χ0) is 15.7. The third kappa shape index (κ3) is 2.82. The molecule has 1 aliphatic rings. The highest BCUT2D eigenvalue weighted by Crippen LogP contribution is 2.28. The van der Waals surface area contributed by atoms with Crippen LogP contribution in [0.15, 0.2) is 30.3 Å². The number of carboxylic acid groups (broad SMARTS) is 1. The summed E-state index contributed by atoms with van der Waals surface area (Å²) < 4.78 is 0. The first kappa shape index (κ1) is 14.6. The van der Waals surface area contributed by atoms with Gasteiger partial charge >= 0.3 is 5.97 Å². The molecule has 0 spiro atoms. The van der Waals surface area contributed by atoms with Gasteiger partial charge in [0.25, 0.3) is 5.91 Å². The second-order valence-electron chi connectivity index (χ2n) is 5.32. The van der Waals surface area contributed by atoms with Gasteiger partial charge in [0.2, 0.25) is 0 Å². The lowest BCUT2D eigenvalue weighted by atomic mass is 9.80. The summed E-state index contributed by atoms with van der Waals surface area (Å²) in [5.74, 6) is -1.46. The van der Waals surface area contributed by atoms with Gasteiger partial charge in [-0.2, -0.15) is 5.10 Å². The molecular weight excluding hydrogens is 306 g/mol. The van der Waals surface area contributed by atoms with Crippen molar-refractivity contribution in [3.8, 4) is 11.3 Å². The van der Waals surface area contributed by atoms with E-state index in [2.05, 4.69) is 15.5 Å². The molecule has 1 fully saturated rings. The first-order chi connectivity index (χ1) is 10.5. The number of carbonyl (C=O) groups excluding carboxylic acids is 1. The Morgan fingerprint density at radius 3 is 2.73 bits per heavy atom. The van der Waals surface area contributed by atoms with E-state index in [-0.39, 0.29) is 17.9 Å². The van der Waals surface area contributed by atoms with E-state index in [1.807, 2.05) is 18.2 Å². The van der Waals surface area contributed by atoms with Crippen LogP contribution in [-0.2, 0) is 4.79 Å². The molecule has 1 aromatic heterocycles. The van der Waals surface area contributed by atoms with Gasteiger partial charge in [-0.1, -0.05) is 29.8 Å². The number of rotatable bonds is 4. The summed E-state index contributed by atoms with van der Waals surface area (Å²) in [4.78, 5) is 22.8. The number of carboxylic acids is 1. The van der Waals surface area contributed by atoms with Crippen LogP contribution in [0.1, 0.15) is 23.3 Å². The SMILES string of the molecule is O=C(NC1CC(C(=O)O)C1)c1cc(-c2ccccc2Cl)n[nH]1. The molecular formula is C15H14ClN3O3. The van der Waals surface area contributed by atoms with Gasteiger partial charge in [-0.25, -0.2) is 0 Å². The van der Waals surface area contributed by atoms with Gasteiger partial charge in [0.1, 0.15) is 5.69 Å². The van der Waals surface area contributed by atoms with Crippen LogP contribution in [0.3, 0.4) is 0 Å². The van der Waals surface area contributed by atoms with Crippen molar-refractivity contribution in [2.75, 3.05) is 0 Å². The highest BCUT2D eigenvalue weighted by molar-refractivity contribution is 6.33. The normalized spacial score (nSPS) is 20.2. The quantitative estimate of drug-likeness (QED) is 0.806. The van der Waals surface area contributed by atoms with E-state index in [0.29, 0.717) is 29.3 Å². The zero-order valence-corrected chi connectivity index (χ0v) is 12.3. The molecule has 6 nitrogen and oxygen atoms in total. The van der Waals surface area contributed by atoms with E-state index in [1.165, 1.54) is 0 Å². The van der Waals surface area contributed by atoms with Crippen molar-refractivity contribution in [1.82, 2.24) is 15.5 Å². The van der Waals surface area contributed by atoms with Crippen LogP contribution in [0.5, 0.6) is 0 Å². The average Bonchev–Trinajstić information content (AvgIpc) is 2.91. The maximum atomic E-state index is 12.1. The summed E-state index contributed by atoms with van der Waals surface area (Å²) in [6.45, 7) is 0. The van der Waals surface area contributed by atoms with E-state index >= 15 is 0 Å². The Balaban J connectivity index is 1.66. The molecule has 7 heteroatoms. The van der Waals surface area contributed by atoms with Gasteiger partial charge < -0.3 is 10.4 Å². The van der Waals surface area contributed by atoms with Crippen molar-refractivity contribution in [3.63, 3.8) is 0 Å². The first-order valence-corrected chi connectivity index (χ1v) is 7.26. The maximum absolute atomic E-state index is 12.1. The number of halogens is 1. The second-order valence-corrected chi connectivity index (χ2v) is 5.73. The number of benzene rings is 1. The fourth-order valence-corrected chi connectivity index (χ4v) is 2.68. The average molecular weight is 320 g/mol. The van der Waals surface area contributed by atoms with Gasteiger partial charge in [0.15, 0.2) is 0 Å². The molecule has 22 heavy (non-hydrogen) atoms. The summed E-state index contributed by atoms with van der Waals surface area (Å²) in [5.41, 5.74) is 1.66. The monoisotopic (exact) mass is 319 g/mol. The van der Waals surface area contributed by atoms with Gasteiger partial charge in [-0.3, -0.25) is 14.7 Å². The van der Waals surface area contributed by atoms with Crippen LogP contribution in [0.4, 0.5) is 0 Å². The lowest BCUT2D eigenvalue weighted by Crippen LogP contribution is -2.46. The molecule has 0 saturated heterocycles. The van der Waals surface area contributed by atoms with Crippen LogP contribution in [0, 0.1) is 5.92 Å². The van der Waals surface area contributed by atoms with E-state index in [4.69, 9.17) is 16.7 Å². The molecule has 1 aliphatic carbocycles. The molecule has 2 aromatic rings. The zero-order valence-electron chi connectivity index (χ0n) is 11.5. The molecule has 0 bridgehead atoms. The lowest BCUT2D eigenvalue weighted by Gasteiger charge is -2.32. The van der Waals surface area contributed by atoms with Gasteiger partial charge in [0, 0.05) is 11.6 Å². The Kier molecular flexibility index (Phi) is 3.85. The number of nitrogens with one attached hydrogen (secondary N) is 2. The minimum absolute atomic E-state index is 0.0966. The number of nitrogens with zero attached hydrogens (tertiary/aromatic N) is 1. The van der Waals surface area contributed by atoms with Gasteiger partial charge in [-0.15, -0.1) is 0 Å². The van der Waals surface area contributed by atoms with Crippen LogP contribution in [0.25, 0.3) is 11.3 Å². The number of amides is 1. The van der Waals surface area contributed by atoms with Crippen molar-refractivity contribution in [2.24, 2.45) is 5.92 Å². The number of carbonyl (C=O) groups is 2. The Labute approximate surface area is 131 Å². The number of H-pyrrole nitrogens is 1. The van der Waals surface area contributed by atoms with Crippen molar-refractivity contribution in [3.05, 3.63) is 41.0 Å². The van der Waals surface area contributed by atoms with E-state index in [9.17, 15) is 9.59 Å². The number of aliphatic carboxylic acids is 1. The molecule has 1 amide bonds. The Morgan fingerprint density at radius 1 is 1.32 bits per heavy atom. The molecule has 1 heterocycles. The number of aromatic amines is 1. The molecule has 3 rings (SSSR count). The molecule has 0 unspecified atom stereocenters.